The van der Waals surface area contributed by atoms with Crippen LogP contribution in [0.15, 0.2) is 91.0 Å². The summed E-state index contributed by atoms with van der Waals surface area (Å²) in [6, 6.07) is 27.2. The Morgan fingerprint density at radius 1 is 0.763 bits per heavy atom. The number of fused-ring (bicyclic) bond motifs is 7. The molecule has 2 aliphatic heterocycles. The summed E-state index contributed by atoms with van der Waals surface area (Å²) in [6.07, 6.45) is 2.03. The van der Waals surface area contributed by atoms with Gasteiger partial charge in [-0.1, -0.05) is 90.5 Å². The first-order valence-electron chi connectivity index (χ1n) is 12.9. The molecule has 2 heterocycles. The number of benzene rings is 4. The number of allylic oxidation sites excluding steroid dienone is 1. The fourth-order valence-corrected chi connectivity index (χ4v) is 6.58. The van der Waals surface area contributed by atoms with E-state index in [0.717, 1.165) is 38.6 Å². The monoisotopic (exact) mass is 499 g/mol. The maximum atomic E-state index is 14.2. The Morgan fingerprint density at radius 2 is 1.50 bits per heavy atom. The van der Waals surface area contributed by atoms with E-state index in [0.29, 0.717) is 11.4 Å². The minimum Gasteiger partial charge on any atom is -0.425 e. The summed E-state index contributed by atoms with van der Waals surface area (Å²) in [4.78, 5) is 43.2. The third-order valence-electron chi connectivity index (χ3n) is 8.26. The average molecular weight is 500 g/mol. The normalized spacial score (nSPS) is 24.0. The molecule has 0 radical (unpaired) electrons. The molecule has 4 atom stereocenters. The van der Waals surface area contributed by atoms with Crippen LogP contribution in [-0.2, 0) is 14.4 Å². The smallest absolute Gasteiger partial charge is 0.319 e. The number of aryl methyl sites for hydroxylation is 2. The van der Waals surface area contributed by atoms with Crippen LogP contribution < -0.4 is 9.64 Å². The highest BCUT2D eigenvalue weighted by Crippen LogP contribution is 2.55. The number of ether oxygens (including phenoxy) is 1. The zero-order valence-corrected chi connectivity index (χ0v) is 21.0. The topological polar surface area (TPSA) is 63.7 Å². The van der Waals surface area contributed by atoms with Crippen molar-refractivity contribution < 1.29 is 19.1 Å². The summed E-state index contributed by atoms with van der Waals surface area (Å²) in [5.41, 5.74) is 4.98. The molecule has 186 valence electrons. The summed E-state index contributed by atoms with van der Waals surface area (Å²) in [5.74, 6) is -3.33. The Labute approximate surface area is 220 Å². The van der Waals surface area contributed by atoms with E-state index in [4.69, 9.17) is 4.74 Å². The van der Waals surface area contributed by atoms with Crippen LogP contribution in [0.4, 0.5) is 5.69 Å². The average Bonchev–Trinajstić information content (AvgIpc) is 3.18. The van der Waals surface area contributed by atoms with Crippen LogP contribution >= 0.6 is 0 Å². The molecule has 4 aromatic carbocycles. The molecule has 0 saturated carbocycles. The zero-order valence-electron chi connectivity index (χ0n) is 21.0. The number of amides is 2. The van der Waals surface area contributed by atoms with Crippen LogP contribution in [0, 0.1) is 31.6 Å². The Morgan fingerprint density at radius 3 is 2.29 bits per heavy atom. The molecule has 38 heavy (non-hydrogen) atoms. The highest BCUT2D eigenvalue weighted by atomic mass is 16.5. The van der Waals surface area contributed by atoms with Gasteiger partial charge in [-0.05, 0) is 42.0 Å². The maximum absolute atomic E-state index is 14.2. The Kier molecular flexibility index (Phi) is 4.92. The minimum absolute atomic E-state index is 0.270. The van der Waals surface area contributed by atoms with Crippen LogP contribution in [-0.4, -0.2) is 17.8 Å². The molecule has 1 aliphatic carbocycles. The molecule has 1 saturated heterocycles. The molecule has 0 bridgehead atoms. The minimum atomic E-state index is -0.847. The van der Waals surface area contributed by atoms with E-state index in [2.05, 4.69) is 0 Å². The van der Waals surface area contributed by atoms with Gasteiger partial charge in [0.05, 0.1) is 23.4 Å². The molecule has 7 rings (SSSR count). The standard InChI is InChI=1S/C33H25NO4/c1-18-12-15-26(19(2)16-18)34-31(35)27-24(20-8-4-3-5-9-20)17-25-23-14-13-21-10-6-7-11-22(21)30(23)38-33(37)28(25)29(27)32(34)36/h3-17,24,27-29H,1-2H3/t24-,27-,28-,29+/m1/s1. The highest BCUT2D eigenvalue weighted by Gasteiger charge is 2.60. The highest BCUT2D eigenvalue weighted by molar-refractivity contribution is 6.25. The van der Waals surface area contributed by atoms with Gasteiger partial charge in [0.15, 0.2) is 0 Å². The summed E-state index contributed by atoms with van der Waals surface area (Å²) in [5, 5.41) is 1.82. The Hall–Kier alpha value is -4.51. The number of imide groups is 1. The predicted molar refractivity (Wildman–Crippen MR) is 146 cm³/mol. The number of carbonyl (C=O) groups excluding carboxylic acids is 3. The van der Waals surface area contributed by atoms with Crippen molar-refractivity contribution >= 4 is 39.8 Å². The Balaban J connectivity index is 1.45. The molecule has 1 fully saturated rings. The number of hydrogen-bond acceptors (Lipinski definition) is 4. The van der Waals surface area contributed by atoms with Gasteiger partial charge in [0.2, 0.25) is 11.8 Å². The lowest BCUT2D eigenvalue weighted by molar-refractivity contribution is -0.142. The van der Waals surface area contributed by atoms with Gasteiger partial charge >= 0.3 is 5.97 Å². The van der Waals surface area contributed by atoms with Gasteiger partial charge in [0.1, 0.15) is 5.75 Å². The molecule has 4 aromatic rings. The summed E-state index contributed by atoms with van der Waals surface area (Å²) in [6.45, 7) is 3.88. The first kappa shape index (κ1) is 22.7. The van der Waals surface area contributed by atoms with E-state index in [1.807, 2.05) is 105 Å². The van der Waals surface area contributed by atoms with Crippen LogP contribution in [0.5, 0.6) is 5.75 Å². The number of carbonyl (C=O) groups is 3. The predicted octanol–water partition coefficient (Wildman–Crippen LogP) is 5.98. The number of nitrogens with zero attached hydrogens (tertiary/aromatic N) is 1. The number of anilines is 1. The van der Waals surface area contributed by atoms with Crippen molar-refractivity contribution in [3.8, 4) is 5.75 Å². The Bertz CT molecular complexity index is 1700. The van der Waals surface area contributed by atoms with Gasteiger partial charge in [0, 0.05) is 16.9 Å². The fourth-order valence-electron chi connectivity index (χ4n) is 6.58. The lowest BCUT2D eigenvalue weighted by atomic mass is 9.64. The van der Waals surface area contributed by atoms with E-state index in [9.17, 15) is 14.4 Å². The molecule has 0 aromatic heterocycles. The van der Waals surface area contributed by atoms with Crippen LogP contribution in [0.1, 0.15) is 28.2 Å². The van der Waals surface area contributed by atoms with E-state index in [-0.39, 0.29) is 17.7 Å². The van der Waals surface area contributed by atoms with Crippen LogP contribution in [0.2, 0.25) is 0 Å². The maximum Gasteiger partial charge on any atom is 0.319 e. The van der Waals surface area contributed by atoms with Crippen molar-refractivity contribution in [2.24, 2.45) is 17.8 Å². The molecule has 0 unspecified atom stereocenters. The van der Waals surface area contributed by atoms with Crippen molar-refractivity contribution in [2.75, 3.05) is 4.90 Å². The molecule has 2 amide bonds. The van der Waals surface area contributed by atoms with Gasteiger partial charge in [-0.2, -0.15) is 0 Å². The van der Waals surface area contributed by atoms with E-state index >= 15 is 0 Å². The molecule has 0 N–H and O–H groups in total. The zero-order chi connectivity index (χ0) is 26.1. The molecule has 0 spiro atoms. The van der Waals surface area contributed by atoms with Gasteiger partial charge < -0.3 is 4.74 Å². The van der Waals surface area contributed by atoms with Crippen molar-refractivity contribution in [3.63, 3.8) is 0 Å². The van der Waals surface area contributed by atoms with Crippen molar-refractivity contribution in [3.05, 3.63) is 113 Å². The second-order valence-electron chi connectivity index (χ2n) is 10.5. The first-order valence-corrected chi connectivity index (χ1v) is 12.9. The van der Waals surface area contributed by atoms with Crippen molar-refractivity contribution in [2.45, 2.75) is 19.8 Å². The summed E-state index contributed by atoms with van der Waals surface area (Å²) in [7, 11) is 0. The van der Waals surface area contributed by atoms with Gasteiger partial charge in [-0.25, -0.2) is 4.90 Å². The van der Waals surface area contributed by atoms with Gasteiger partial charge in [-0.3, -0.25) is 14.4 Å². The largest absolute Gasteiger partial charge is 0.425 e. The lowest BCUT2D eigenvalue weighted by Crippen LogP contribution is -2.42. The summed E-state index contributed by atoms with van der Waals surface area (Å²) >= 11 is 0. The number of esters is 1. The SMILES string of the molecule is Cc1ccc(N2C(=O)[C@@H]3[C@@H]4C(=O)Oc5c(ccc6ccccc56)C4=C[C@H](c4ccccc4)[C@H]3C2=O)c(C)c1. The fraction of sp³-hybridized carbons (Fsp3) is 0.182. The van der Waals surface area contributed by atoms with Crippen molar-refractivity contribution in [1.29, 1.82) is 0 Å². The lowest BCUT2D eigenvalue weighted by Gasteiger charge is -2.38. The van der Waals surface area contributed by atoms with E-state index in [1.54, 1.807) is 0 Å². The van der Waals surface area contributed by atoms with Crippen LogP contribution in [0.25, 0.3) is 16.3 Å². The molecular formula is C33H25NO4. The quantitative estimate of drug-likeness (QED) is 0.193. The van der Waals surface area contributed by atoms with Gasteiger partial charge in [-0.15, -0.1) is 0 Å². The van der Waals surface area contributed by atoms with Gasteiger partial charge in [0.25, 0.3) is 0 Å². The second-order valence-corrected chi connectivity index (χ2v) is 10.5. The molecule has 3 aliphatic rings. The third-order valence-corrected chi connectivity index (χ3v) is 8.26. The number of rotatable bonds is 2. The molecule has 5 nitrogen and oxygen atoms in total. The summed E-state index contributed by atoms with van der Waals surface area (Å²) < 4.78 is 5.97. The first-order chi connectivity index (χ1) is 18.4. The van der Waals surface area contributed by atoms with Crippen molar-refractivity contribution in [1.82, 2.24) is 0 Å². The number of hydrogen-bond donors (Lipinski definition) is 0. The van der Waals surface area contributed by atoms with Crippen LogP contribution in [0.3, 0.4) is 0 Å². The third kappa shape index (κ3) is 3.14. The molecule has 5 heteroatoms. The second kappa shape index (κ2) is 8.25. The van der Waals surface area contributed by atoms with E-state index < -0.39 is 23.7 Å². The molecular weight excluding hydrogens is 474 g/mol. The van der Waals surface area contributed by atoms with E-state index in [1.165, 1.54) is 4.90 Å².